The highest BCUT2D eigenvalue weighted by Crippen LogP contribution is 2.19. The van der Waals surface area contributed by atoms with E-state index in [1.807, 2.05) is 20.9 Å². The van der Waals surface area contributed by atoms with E-state index in [1.165, 1.54) is 4.31 Å². The van der Waals surface area contributed by atoms with Crippen LogP contribution in [0.3, 0.4) is 0 Å². The number of sulfonamides is 1. The van der Waals surface area contributed by atoms with Crippen molar-refractivity contribution >= 4 is 27.3 Å². The van der Waals surface area contributed by atoms with Crippen LogP contribution in [-0.2, 0) is 23.6 Å². The van der Waals surface area contributed by atoms with Crippen molar-refractivity contribution < 1.29 is 8.42 Å². The molecule has 8 heteroatoms. The van der Waals surface area contributed by atoms with Crippen LogP contribution in [0.1, 0.15) is 19.7 Å². The van der Waals surface area contributed by atoms with Gasteiger partial charge in [-0.3, -0.25) is 0 Å². The molecular weight excluding hydrogens is 336 g/mol. The predicted molar refractivity (Wildman–Crippen MR) is 92.1 cm³/mol. The van der Waals surface area contributed by atoms with Gasteiger partial charge in [-0.2, -0.15) is 4.31 Å². The zero-order valence-corrected chi connectivity index (χ0v) is 15.0. The third kappa shape index (κ3) is 3.85. The Kier molecular flexibility index (Phi) is 5.67. The molecule has 23 heavy (non-hydrogen) atoms. The van der Waals surface area contributed by atoms with Crippen LogP contribution in [0, 0.1) is 0 Å². The number of benzene rings is 1. The number of hydrogen-bond acceptors (Lipinski definition) is 4. The number of rotatable bonds is 7. The smallest absolute Gasteiger partial charge is 0.243 e. The number of anilines is 1. The van der Waals surface area contributed by atoms with Gasteiger partial charge >= 0.3 is 0 Å². The molecule has 0 radical (unpaired) electrons. The van der Waals surface area contributed by atoms with Crippen molar-refractivity contribution in [3.63, 3.8) is 0 Å². The minimum atomic E-state index is -3.42. The van der Waals surface area contributed by atoms with Gasteiger partial charge in [0.25, 0.3) is 0 Å². The monoisotopic (exact) mass is 356 g/mol. The van der Waals surface area contributed by atoms with E-state index in [4.69, 9.17) is 11.6 Å². The lowest BCUT2D eigenvalue weighted by Gasteiger charge is -2.18. The Hall–Kier alpha value is -1.57. The molecule has 0 unspecified atom stereocenters. The molecule has 0 amide bonds. The Morgan fingerprint density at radius 1 is 1.22 bits per heavy atom. The molecule has 6 nitrogen and oxygen atoms in total. The molecule has 1 aromatic carbocycles. The fourth-order valence-electron chi connectivity index (χ4n) is 2.23. The maximum Gasteiger partial charge on any atom is 0.243 e. The third-order valence-electron chi connectivity index (χ3n) is 3.68. The molecule has 1 aromatic heterocycles. The lowest BCUT2D eigenvalue weighted by Crippen LogP contribution is -2.30. The van der Waals surface area contributed by atoms with Gasteiger partial charge in [0.05, 0.1) is 17.6 Å². The molecule has 0 fully saturated rings. The average molecular weight is 357 g/mol. The number of halogens is 1. The van der Waals surface area contributed by atoms with E-state index in [2.05, 4.69) is 10.3 Å². The average Bonchev–Trinajstić information content (AvgIpc) is 2.86. The normalized spacial score (nSPS) is 11.9. The molecule has 1 N–H and O–H groups in total. The molecule has 0 spiro atoms. The van der Waals surface area contributed by atoms with Crippen molar-refractivity contribution in [1.82, 2.24) is 13.9 Å². The summed E-state index contributed by atoms with van der Waals surface area (Å²) in [5.41, 5.74) is 0.822. The Bertz CT molecular complexity index is 752. The Morgan fingerprint density at radius 3 is 2.30 bits per heavy atom. The summed E-state index contributed by atoms with van der Waals surface area (Å²) in [5.74, 6) is 0.801. The second kappa shape index (κ2) is 7.33. The minimum absolute atomic E-state index is 0.298. The highest BCUT2D eigenvalue weighted by molar-refractivity contribution is 7.89. The van der Waals surface area contributed by atoms with E-state index in [0.717, 1.165) is 11.5 Å². The summed E-state index contributed by atoms with van der Waals surface area (Å²) in [6, 6.07) is 6.73. The Labute approximate surface area is 142 Å². The summed E-state index contributed by atoms with van der Waals surface area (Å²) < 4.78 is 28.0. The van der Waals surface area contributed by atoms with Crippen molar-refractivity contribution in [2.75, 3.05) is 18.4 Å². The molecule has 0 atom stereocenters. The zero-order chi connectivity index (χ0) is 17.0. The topological polar surface area (TPSA) is 67.2 Å². The van der Waals surface area contributed by atoms with E-state index >= 15 is 0 Å². The summed E-state index contributed by atoms with van der Waals surface area (Å²) in [6.45, 7) is 5.08. The van der Waals surface area contributed by atoms with Gasteiger partial charge in [0, 0.05) is 25.8 Å². The summed E-state index contributed by atoms with van der Waals surface area (Å²) in [5, 5.41) is 3.77. The number of imidazole rings is 1. The maximum atomic E-state index is 12.4. The first kappa shape index (κ1) is 17.8. The van der Waals surface area contributed by atoms with Crippen molar-refractivity contribution in [1.29, 1.82) is 0 Å². The van der Waals surface area contributed by atoms with Crippen LogP contribution in [-0.4, -0.2) is 35.4 Å². The molecule has 0 aliphatic carbocycles. The summed E-state index contributed by atoms with van der Waals surface area (Å²) in [4.78, 5) is 4.50. The van der Waals surface area contributed by atoms with Gasteiger partial charge in [-0.1, -0.05) is 25.4 Å². The Balaban J connectivity index is 2.09. The molecule has 0 aliphatic rings. The molecule has 0 saturated carbocycles. The second-order valence-electron chi connectivity index (χ2n) is 5.02. The van der Waals surface area contributed by atoms with Crippen molar-refractivity contribution in [2.24, 2.45) is 7.05 Å². The van der Waals surface area contributed by atoms with Gasteiger partial charge < -0.3 is 9.88 Å². The third-order valence-corrected chi connectivity index (χ3v) is 6.09. The van der Waals surface area contributed by atoms with E-state index < -0.39 is 10.0 Å². The maximum absolute atomic E-state index is 12.4. The zero-order valence-electron chi connectivity index (χ0n) is 13.5. The van der Waals surface area contributed by atoms with Gasteiger partial charge in [-0.25, -0.2) is 13.4 Å². The van der Waals surface area contributed by atoms with E-state index in [1.54, 1.807) is 35.0 Å². The van der Waals surface area contributed by atoms with Crippen LogP contribution in [0.5, 0.6) is 0 Å². The van der Waals surface area contributed by atoms with Gasteiger partial charge in [-0.05, 0) is 24.3 Å². The molecule has 0 aliphatic heterocycles. The van der Waals surface area contributed by atoms with Crippen LogP contribution >= 0.6 is 11.6 Å². The van der Waals surface area contributed by atoms with Crippen LogP contribution in [0.2, 0.25) is 5.15 Å². The molecular formula is C15H21ClN4O2S. The van der Waals surface area contributed by atoms with Crippen molar-refractivity contribution in [2.45, 2.75) is 25.3 Å². The van der Waals surface area contributed by atoms with Crippen molar-refractivity contribution in [3.8, 4) is 0 Å². The summed E-state index contributed by atoms with van der Waals surface area (Å²) >= 11 is 5.94. The lowest BCUT2D eigenvalue weighted by molar-refractivity contribution is 0.445. The molecule has 2 rings (SSSR count). The van der Waals surface area contributed by atoms with Gasteiger partial charge in [-0.15, -0.1) is 0 Å². The predicted octanol–water partition coefficient (Wildman–Crippen LogP) is 2.72. The first-order chi connectivity index (χ1) is 10.9. The molecule has 0 saturated heterocycles. The minimum Gasteiger partial charge on any atom is -0.378 e. The summed E-state index contributed by atoms with van der Waals surface area (Å²) in [7, 11) is -1.58. The van der Waals surface area contributed by atoms with E-state index in [9.17, 15) is 8.42 Å². The number of hydrogen-bond donors (Lipinski definition) is 1. The largest absolute Gasteiger partial charge is 0.378 e. The van der Waals surface area contributed by atoms with Gasteiger partial charge in [0.15, 0.2) is 0 Å². The van der Waals surface area contributed by atoms with Crippen LogP contribution < -0.4 is 5.32 Å². The number of aromatic nitrogens is 2. The summed E-state index contributed by atoms with van der Waals surface area (Å²) in [6.07, 6.45) is 1.60. The lowest BCUT2D eigenvalue weighted by atomic mass is 10.3. The standard InChI is InChI=1S/C15H21ClN4O2S/c1-4-20(5-2)23(21,22)13-8-6-12(7-9-13)17-11-15-18-10-14(16)19(15)3/h6-10,17H,4-5,11H2,1-3H3. The van der Waals surface area contributed by atoms with E-state index in [0.29, 0.717) is 29.7 Å². The fraction of sp³-hybridized carbons (Fsp3) is 0.400. The highest BCUT2D eigenvalue weighted by atomic mass is 35.5. The van der Waals surface area contributed by atoms with Gasteiger partial charge in [0.2, 0.25) is 10.0 Å². The molecule has 2 aromatic rings. The first-order valence-electron chi connectivity index (χ1n) is 7.40. The SMILES string of the molecule is CCN(CC)S(=O)(=O)c1ccc(NCc2ncc(Cl)n2C)cc1. The molecule has 126 valence electrons. The van der Waals surface area contributed by atoms with Crippen molar-refractivity contribution in [3.05, 3.63) is 41.4 Å². The second-order valence-corrected chi connectivity index (χ2v) is 7.35. The van der Waals surface area contributed by atoms with Crippen LogP contribution in [0.4, 0.5) is 5.69 Å². The Morgan fingerprint density at radius 2 is 1.83 bits per heavy atom. The number of nitrogens with one attached hydrogen (secondary N) is 1. The first-order valence-corrected chi connectivity index (χ1v) is 9.22. The number of nitrogens with zero attached hydrogens (tertiary/aromatic N) is 3. The van der Waals surface area contributed by atoms with E-state index in [-0.39, 0.29) is 0 Å². The van der Waals surface area contributed by atoms with Crippen LogP contribution in [0.15, 0.2) is 35.4 Å². The fourth-order valence-corrected chi connectivity index (χ4v) is 3.83. The molecule has 1 heterocycles. The highest BCUT2D eigenvalue weighted by Gasteiger charge is 2.21. The van der Waals surface area contributed by atoms with Crippen LogP contribution in [0.25, 0.3) is 0 Å². The molecule has 0 bridgehead atoms. The quantitative estimate of drug-likeness (QED) is 0.828. The van der Waals surface area contributed by atoms with Gasteiger partial charge in [0.1, 0.15) is 11.0 Å².